The van der Waals surface area contributed by atoms with Crippen LogP contribution in [0, 0.1) is 20.8 Å². The molecule has 1 saturated heterocycles. The summed E-state index contributed by atoms with van der Waals surface area (Å²) in [6, 6.07) is 7.94. The van der Waals surface area contributed by atoms with Gasteiger partial charge in [-0.2, -0.15) is 5.10 Å². The molecule has 1 aliphatic rings. The van der Waals surface area contributed by atoms with E-state index in [4.69, 9.17) is 4.42 Å². The maximum Gasteiger partial charge on any atom is 0.239 e. The lowest BCUT2D eigenvalue weighted by molar-refractivity contribution is -0.117. The number of aryl methyl sites for hydroxylation is 3. The summed E-state index contributed by atoms with van der Waals surface area (Å²) in [4.78, 5) is 26.8. The van der Waals surface area contributed by atoms with Crippen LogP contribution in [0.1, 0.15) is 37.4 Å². The van der Waals surface area contributed by atoms with E-state index in [2.05, 4.69) is 44.0 Å². The fourth-order valence-corrected chi connectivity index (χ4v) is 4.51. The van der Waals surface area contributed by atoms with E-state index in [1.54, 1.807) is 10.7 Å². The van der Waals surface area contributed by atoms with Crippen molar-refractivity contribution in [2.24, 2.45) is 0 Å². The molecule has 1 unspecified atom stereocenters. The first-order valence-corrected chi connectivity index (χ1v) is 11.6. The van der Waals surface area contributed by atoms with E-state index in [0.29, 0.717) is 35.8 Å². The van der Waals surface area contributed by atoms with E-state index in [0.717, 1.165) is 49.7 Å². The van der Waals surface area contributed by atoms with Crippen molar-refractivity contribution in [1.82, 2.24) is 29.5 Å². The SMILES string of the molecule is CCN(CC)C1CCN(CC(=O)Nc2cc(-n3nc(C)cc3C)nc(-c3ccc(C)o3)n2)C1. The van der Waals surface area contributed by atoms with Crippen LogP contribution in [0.3, 0.4) is 0 Å². The van der Waals surface area contributed by atoms with Gasteiger partial charge in [0.25, 0.3) is 0 Å². The fraction of sp³-hybridized carbons (Fsp3) is 0.500. The molecule has 4 rings (SSSR count). The average molecular weight is 452 g/mol. The second kappa shape index (κ2) is 9.84. The van der Waals surface area contributed by atoms with Gasteiger partial charge in [-0.1, -0.05) is 13.8 Å². The summed E-state index contributed by atoms with van der Waals surface area (Å²) in [5, 5.41) is 7.50. The molecule has 3 aromatic heterocycles. The normalized spacial score (nSPS) is 16.6. The molecule has 0 aromatic carbocycles. The smallest absolute Gasteiger partial charge is 0.239 e. The van der Waals surface area contributed by atoms with Crippen molar-refractivity contribution in [3.05, 3.63) is 41.4 Å². The van der Waals surface area contributed by atoms with Gasteiger partial charge in [0.15, 0.2) is 17.4 Å². The van der Waals surface area contributed by atoms with E-state index in [-0.39, 0.29) is 5.91 Å². The fourth-order valence-electron chi connectivity index (χ4n) is 4.51. The molecule has 0 saturated carbocycles. The molecule has 3 aromatic rings. The van der Waals surface area contributed by atoms with E-state index in [9.17, 15) is 4.79 Å². The molecule has 4 heterocycles. The molecule has 1 fully saturated rings. The molecule has 9 heteroatoms. The zero-order valence-corrected chi connectivity index (χ0v) is 20.1. The van der Waals surface area contributed by atoms with Crippen molar-refractivity contribution in [2.75, 3.05) is 38.0 Å². The number of furan rings is 1. The third-order valence-electron chi connectivity index (χ3n) is 6.11. The molecule has 33 heavy (non-hydrogen) atoms. The molecule has 0 radical (unpaired) electrons. The van der Waals surface area contributed by atoms with Crippen LogP contribution >= 0.6 is 0 Å². The summed E-state index contributed by atoms with van der Waals surface area (Å²) in [6.45, 7) is 14.4. The number of likely N-dealkylation sites (tertiary alicyclic amines) is 1. The van der Waals surface area contributed by atoms with Crippen LogP contribution in [0.2, 0.25) is 0 Å². The molecule has 1 N–H and O–H groups in total. The highest BCUT2D eigenvalue weighted by Gasteiger charge is 2.27. The number of carbonyl (C=O) groups excluding carboxylic acids is 1. The molecular formula is C24H33N7O2. The number of nitrogens with zero attached hydrogens (tertiary/aromatic N) is 6. The van der Waals surface area contributed by atoms with Crippen molar-refractivity contribution < 1.29 is 9.21 Å². The Hall–Kier alpha value is -3.04. The molecule has 1 amide bonds. The van der Waals surface area contributed by atoms with Crippen LogP contribution in [-0.4, -0.2) is 74.2 Å². The van der Waals surface area contributed by atoms with Gasteiger partial charge in [0.05, 0.1) is 12.2 Å². The van der Waals surface area contributed by atoms with Gasteiger partial charge in [-0.25, -0.2) is 14.6 Å². The Morgan fingerprint density at radius 1 is 1.18 bits per heavy atom. The van der Waals surface area contributed by atoms with Crippen molar-refractivity contribution in [1.29, 1.82) is 0 Å². The maximum atomic E-state index is 12.9. The van der Waals surface area contributed by atoms with Crippen LogP contribution < -0.4 is 5.32 Å². The van der Waals surface area contributed by atoms with Gasteiger partial charge in [-0.05, 0) is 58.5 Å². The first-order chi connectivity index (χ1) is 15.9. The van der Waals surface area contributed by atoms with Gasteiger partial charge < -0.3 is 9.73 Å². The van der Waals surface area contributed by atoms with Gasteiger partial charge >= 0.3 is 0 Å². The van der Waals surface area contributed by atoms with Crippen LogP contribution in [0.4, 0.5) is 5.82 Å². The minimum atomic E-state index is -0.0882. The minimum absolute atomic E-state index is 0.0882. The van der Waals surface area contributed by atoms with E-state index < -0.39 is 0 Å². The van der Waals surface area contributed by atoms with Crippen LogP contribution in [0.25, 0.3) is 17.4 Å². The molecule has 1 atom stereocenters. The first kappa shape index (κ1) is 23.1. The summed E-state index contributed by atoms with van der Waals surface area (Å²) in [6.07, 6.45) is 1.09. The van der Waals surface area contributed by atoms with Gasteiger partial charge in [0, 0.05) is 30.9 Å². The van der Waals surface area contributed by atoms with Crippen molar-refractivity contribution in [3.8, 4) is 17.4 Å². The highest BCUT2D eigenvalue weighted by Crippen LogP contribution is 2.23. The third kappa shape index (κ3) is 5.31. The molecule has 1 aliphatic heterocycles. The van der Waals surface area contributed by atoms with Crippen molar-refractivity contribution in [3.63, 3.8) is 0 Å². The van der Waals surface area contributed by atoms with Crippen LogP contribution in [-0.2, 0) is 4.79 Å². The topological polar surface area (TPSA) is 92.3 Å². The predicted octanol–water partition coefficient (Wildman–Crippen LogP) is 3.20. The quantitative estimate of drug-likeness (QED) is 0.562. The Bertz CT molecular complexity index is 1120. The number of anilines is 1. The number of carbonyl (C=O) groups is 1. The Kier molecular flexibility index (Phi) is 6.90. The first-order valence-electron chi connectivity index (χ1n) is 11.6. The number of aromatic nitrogens is 4. The molecule has 176 valence electrons. The Morgan fingerprint density at radius 2 is 1.97 bits per heavy atom. The van der Waals surface area contributed by atoms with E-state index in [1.165, 1.54) is 0 Å². The van der Waals surface area contributed by atoms with Gasteiger partial charge in [-0.3, -0.25) is 14.6 Å². The van der Waals surface area contributed by atoms with Gasteiger partial charge in [0.2, 0.25) is 5.91 Å². The summed E-state index contributed by atoms with van der Waals surface area (Å²) >= 11 is 0. The standard InChI is InChI=1S/C24H33N7O2/c1-6-30(7-2)19-10-11-29(14-19)15-23(32)25-21-13-22(31-17(4)12-16(3)28-31)27-24(26-21)20-9-8-18(5)33-20/h8-9,12-13,19H,6-7,10-11,14-15H2,1-5H3,(H,25,26,27,32). The molecule has 0 aliphatic carbocycles. The van der Waals surface area contributed by atoms with Crippen molar-refractivity contribution >= 4 is 11.7 Å². The largest absolute Gasteiger partial charge is 0.458 e. The lowest BCUT2D eigenvalue weighted by atomic mass is 10.2. The third-order valence-corrected chi connectivity index (χ3v) is 6.11. The highest BCUT2D eigenvalue weighted by atomic mass is 16.3. The second-order valence-electron chi connectivity index (χ2n) is 8.63. The van der Waals surface area contributed by atoms with Gasteiger partial charge in [-0.15, -0.1) is 0 Å². The molecule has 9 nitrogen and oxygen atoms in total. The lowest BCUT2D eigenvalue weighted by Gasteiger charge is -2.26. The predicted molar refractivity (Wildman–Crippen MR) is 127 cm³/mol. The Labute approximate surface area is 194 Å². The minimum Gasteiger partial charge on any atom is -0.458 e. The van der Waals surface area contributed by atoms with Crippen molar-refractivity contribution in [2.45, 2.75) is 47.1 Å². The van der Waals surface area contributed by atoms with E-state index in [1.807, 2.05) is 39.0 Å². The number of nitrogens with one attached hydrogen (secondary N) is 1. The van der Waals surface area contributed by atoms with Crippen LogP contribution in [0.5, 0.6) is 0 Å². The number of hydrogen-bond acceptors (Lipinski definition) is 7. The number of hydrogen-bond donors (Lipinski definition) is 1. The number of likely N-dealkylation sites (N-methyl/N-ethyl adjacent to an activating group) is 1. The second-order valence-corrected chi connectivity index (χ2v) is 8.63. The summed E-state index contributed by atoms with van der Waals surface area (Å²) < 4.78 is 7.49. The Balaban J connectivity index is 1.53. The molecule has 0 bridgehead atoms. The average Bonchev–Trinajstić information content (AvgIpc) is 3.49. The molecule has 0 spiro atoms. The molecular weight excluding hydrogens is 418 g/mol. The van der Waals surface area contributed by atoms with Gasteiger partial charge in [0.1, 0.15) is 11.6 Å². The highest BCUT2D eigenvalue weighted by molar-refractivity contribution is 5.91. The van der Waals surface area contributed by atoms with E-state index >= 15 is 0 Å². The maximum absolute atomic E-state index is 12.9. The number of rotatable bonds is 8. The monoisotopic (exact) mass is 451 g/mol. The zero-order chi connectivity index (χ0) is 23.5. The number of amides is 1. The summed E-state index contributed by atoms with van der Waals surface area (Å²) in [5.74, 6) is 2.65. The Morgan fingerprint density at radius 3 is 2.61 bits per heavy atom. The summed E-state index contributed by atoms with van der Waals surface area (Å²) in [7, 11) is 0. The lowest BCUT2D eigenvalue weighted by Crippen LogP contribution is -2.39. The summed E-state index contributed by atoms with van der Waals surface area (Å²) in [5.41, 5.74) is 1.84. The van der Waals surface area contributed by atoms with Crippen LogP contribution in [0.15, 0.2) is 28.7 Å². The zero-order valence-electron chi connectivity index (χ0n) is 20.1.